The summed E-state index contributed by atoms with van der Waals surface area (Å²) in [6, 6.07) is 10.5. The average molecular weight is 406 g/mol. The minimum Gasteiger partial charge on any atom is -0.483 e. The van der Waals surface area contributed by atoms with E-state index in [0.717, 1.165) is 33.4 Å². The van der Waals surface area contributed by atoms with Gasteiger partial charge in [-0.25, -0.2) is 4.39 Å². The fraction of sp³-hybridized carbons (Fsp3) is 0.300. The number of thioether (sulfide) groups is 1. The van der Waals surface area contributed by atoms with Gasteiger partial charge in [-0.1, -0.05) is 35.5 Å². The number of aromatic nitrogens is 3. The van der Waals surface area contributed by atoms with Gasteiger partial charge in [0.2, 0.25) is 0 Å². The summed E-state index contributed by atoms with van der Waals surface area (Å²) >= 11 is 7.59. The van der Waals surface area contributed by atoms with Crippen molar-refractivity contribution in [1.29, 1.82) is 0 Å². The number of nitrogens with zero attached hydrogens (tertiary/aromatic N) is 3. The van der Waals surface area contributed by atoms with Gasteiger partial charge in [0.1, 0.15) is 11.6 Å². The Balaban J connectivity index is 1.70. The van der Waals surface area contributed by atoms with Crippen LogP contribution in [0.25, 0.3) is 0 Å². The summed E-state index contributed by atoms with van der Waals surface area (Å²) < 4.78 is 21.1. The maximum absolute atomic E-state index is 13.2. The molecule has 27 heavy (non-hydrogen) atoms. The van der Waals surface area contributed by atoms with Gasteiger partial charge in [0, 0.05) is 17.8 Å². The van der Waals surface area contributed by atoms with Crippen LogP contribution in [-0.4, -0.2) is 14.8 Å². The number of rotatable bonds is 6. The Hall–Kier alpha value is -2.05. The van der Waals surface area contributed by atoms with Crippen LogP contribution < -0.4 is 4.74 Å². The van der Waals surface area contributed by atoms with Crippen molar-refractivity contribution < 1.29 is 9.13 Å². The highest BCUT2D eigenvalue weighted by Gasteiger charge is 2.18. The van der Waals surface area contributed by atoms with Crippen molar-refractivity contribution in [2.75, 3.05) is 0 Å². The third-order valence-corrected chi connectivity index (χ3v) is 5.53. The van der Waals surface area contributed by atoms with E-state index in [2.05, 4.69) is 16.3 Å². The zero-order valence-corrected chi connectivity index (χ0v) is 17.2. The average Bonchev–Trinajstić information content (AvgIpc) is 2.94. The molecule has 142 valence electrons. The van der Waals surface area contributed by atoms with Gasteiger partial charge in [-0.3, -0.25) is 0 Å². The van der Waals surface area contributed by atoms with Gasteiger partial charge < -0.3 is 9.30 Å². The number of hydrogen-bond donors (Lipinski definition) is 0. The van der Waals surface area contributed by atoms with Gasteiger partial charge in [-0.15, -0.1) is 10.2 Å². The Bertz CT molecular complexity index is 940. The second kappa shape index (κ2) is 8.31. The van der Waals surface area contributed by atoms with Gasteiger partial charge in [0.15, 0.2) is 17.1 Å². The molecule has 2 aromatic carbocycles. The largest absolute Gasteiger partial charge is 0.483 e. The second-order valence-electron chi connectivity index (χ2n) is 6.51. The van der Waals surface area contributed by atoms with Gasteiger partial charge in [-0.05, 0) is 61.7 Å². The van der Waals surface area contributed by atoms with Crippen LogP contribution in [-0.2, 0) is 12.8 Å². The van der Waals surface area contributed by atoms with Gasteiger partial charge in [0.05, 0.1) is 0 Å². The van der Waals surface area contributed by atoms with Gasteiger partial charge in [0.25, 0.3) is 0 Å². The molecular formula is C20H21ClFN3OS. The molecule has 1 atom stereocenters. The Morgan fingerprint density at radius 3 is 2.52 bits per heavy atom. The molecule has 0 saturated carbocycles. The van der Waals surface area contributed by atoms with Crippen molar-refractivity contribution >= 4 is 23.4 Å². The molecule has 4 nitrogen and oxygen atoms in total. The normalized spacial score (nSPS) is 12.2. The highest BCUT2D eigenvalue weighted by Crippen LogP contribution is 2.28. The first-order valence-electron chi connectivity index (χ1n) is 8.54. The summed E-state index contributed by atoms with van der Waals surface area (Å²) in [5.41, 5.74) is 3.16. The summed E-state index contributed by atoms with van der Waals surface area (Å²) in [5.74, 6) is 1.79. The summed E-state index contributed by atoms with van der Waals surface area (Å²) in [5, 5.41) is 9.70. The van der Waals surface area contributed by atoms with Crippen molar-refractivity contribution in [3.05, 3.63) is 69.8 Å². The van der Waals surface area contributed by atoms with E-state index in [1.807, 2.05) is 44.5 Å². The zero-order valence-electron chi connectivity index (χ0n) is 15.7. The van der Waals surface area contributed by atoms with E-state index in [4.69, 9.17) is 16.3 Å². The summed E-state index contributed by atoms with van der Waals surface area (Å²) in [6.07, 6.45) is -0.243. The molecule has 0 aliphatic heterocycles. The molecule has 0 amide bonds. The molecular weight excluding hydrogens is 385 g/mol. The first kappa shape index (κ1) is 19.7. The van der Waals surface area contributed by atoms with Crippen molar-refractivity contribution in [3.8, 4) is 5.75 Å². The van der Waals surface area contributed by atoms with E-state index in [1.54, 1.807) is 6.07 Å². The molecule has 7 heteroatoms. The van der Waals surface area contributed by atoms with Crippen molar-refractivity contribution in [2.45, 2.75) is 37.8 Å². The molecule has 1 aromatic heterocycles. The third kappa shape index (κ3) is 4.82. The van der Waals surface area contributed by atoms with E-state index in [1.165, 1.54) is 23.9 Å². The van der Waals surface area contributed by atoms with E-state index >= 15 is 0 Å². The monoisotopic (exact) mass is 405 g/mol. The molecule has 0 saturated heterocycles. The predicted molar refractivity (Wildman–Crippen MR) is 107 cm³/mol. The van der Waals surface area contributed by atoms with Crippen LogP contribution in [0.2, 0.25) is 5.02 Å². The lowest BCUT2D eigenvalue weighted by Gasteiger charge is -2.15. The number of halogens is 2. The Morgan fingerprint density at radius 1 is 1.15 bits per heavy atom. The van der Waals surface area contributed by atoms with Crippen LogP contribution in [0.3, 0.4) is 0 Å². The zero-order chi connectivity index (χ0) is 19.6. The molecule has 0 spiro atoms. The van der Waals surface area contributed by atoms with Crippen LogP contribution >= 0.6 is 23.4 Å². The minimum absolute atomic E-state index is 0.243. The topological polar surface area (TPSA) is 39.9 Å². The molecule has 1 heterocycles. The second-order valence-corrected chi connectivity index (χ2v) is 7.86. The summed E-state index contributed by atoms with van der Waals surface area (Å²) in [4.78, 5) is 0. The Morgan fingerprint density at radius 2 is 1.85 bits per heavy atom. The molecule has 3 aromatic rings. The first-order chi connectivity index (χ1) is 12.8. The van der Waals surface area contributed by atoms with E-state index in [-0.39, 0.29) is 11.9 Å². The third-order valence-electron chi connectivity index (χ3n) is 4.11. The molecule has 0 aliphatic rings. The van der Waals surface area contributed by atoms with Crippen LogP contribution in [0.15, 0.2) is 41.6 Å². The number of aryl methyl sites for hydroxylation is 2. The number of hydrogen-bond acceptors (Lipinski definition) is 4. The van der Waals surface area contributed by atoms with Gasteiger partial charge in [-0.2, -0.15) is 0 Å². The Kier molecular flexibility index (Phi) is 6.07. The highest BCUT2D eigenvalue weighted by molar-refractivity contribution is 7.98. The lowest BCUT2D eigenvalue weighted by Crippen LogP contribution is -2.10. The lowest BCUT2D eigenvalue weighted by atomic mass is 10.1. The van der Waals surface area contributed by atoms with Crippen molar-refractivity contribution in [2.24, 2.45) is 7.05 Å². The SMILES string of the molecule is Cc1cc(C)cc(OC(C)c2nnc(SCc3ccc(F)cc3Cl)n2C)c1. The van der Waals surface area contributed by atoms with Crippen molar-refractivity contribution in [3.63, 3.8) is 0 Å². The minimum atomic E-state index is -0.341. The summed E-state index contributed by atoms with van der Waals surface area (Å²) in [7, 11) is 1.91. The fourth-order valence-electron chi connectivity index (χ4n) is 2.84. The van der Waals surface area contributed by atoms with Crippen LogP contribution in [0.1, 0.15) is 35.5 Å². The quantitative estimate of drug-likeness (QED) is 0.496. The van der Waals surface area contributed by atoms with E-state index in [9.17, 15) is 4.39 Å². The van der Waals surface area contributed by atoms with Crippen LogP contribution in [0.4, 0.5) is 4.39 Å². The van der Waals surface area contributed by atoms with Crippen molar-refractivity contribution in [1.82, 2.24) is 14.8 Å². The van der Waals surface area contributed by atoms with Crippen LogP contribution in [0.5, 0.6) is 5.75 Å². The predicted octanol–water partition coefficient (Wildman–Crippen LogP) is 5.66. The molecule has 3 rings (SSSR count). The first-order valence-corrected chi connectivity index (χ1v) is 9.91. The molecule has 0 radical (unpaired) electrons. The fourth-order valence-corrected chi connectivity index (χ4v) is 4.08. The van der Waals surface area contributed by atoms with E-state index in [0.29, 0.717) is 10.8 Å². The Labute approximate surface area is 167 Å². The van der Waals surface area contributed by atoms with Gasteiger partial charge >= 0.3 is 0 Å². The van der Waals surface area contributed by atoms with E-state index < -0.39 is 0 Å². The highest BCUT2D eigenvalue weighted by atomic mass is 35.5. The standard InChI is InChI=1S/C20H21ClFN3OS/c1-12-7-13(2)9-17(8-12)26-14(3)19-23-24-20(25(19)4)27-11-15-5-6-16(22)10-18(15)21/h5-10,14H,11H2,1-4H3. The molecule has 0 N–H and O–H groups in total. The lowest BCUT2D eigenvalue weighted by molar-refractivity contribution is 0.211. The smallest absolute Gasteiger partial charge is 0.191 e. The maximum Gasteiger partial charge on any atom is 0.191 e. The molecule has 0 fully saturated rings. The molecule has 1 unspecified atom stereocenters. The molecule has 0 bridgehead atoms. The molecule has 0 aliphatic carbocycles. The summed E-state index contributed by atoms with van der Waals surface area (Å²) in [6.45, 7) is 6.04. The van der Waals surface area contributed by atoms with Crippen LogP contribution in [0, 0.1) is 19.7 Å². The maximum atomic E-state index is 13.2. The number of benzene rings is 2. The number of ether oxygens (including phenoxy) is 1.